The number of hydrogen-bond acceptors (Lipinski definition) is 3. The first-order valence-corrected chi connectivity index (χ1v) is 5.20. The van der Waals surface area contributed by atoms with Gasteiger partial charge in [0.1, 0.15) is 0 Å². The van der Waals surface area contributed by atoms with Gasteiger partial charge in [-0.3, -0.25) is 9.78 Å². The lowest BCUT2D eigenvalue weighted by Crippen LogP contribution is -2.18. The average Bonchev–Trinajstić information content (AvgIpc) is 2.73. The van der Waals surface area contributed by atoms with Gasteiger partial charge >= 0.3 is 0 Å². The molecule has 0 aliphatic heterocycles. The first kappa shape index (κ1) is 10.5. The summed E-state index contributed by atoms with van der Waals surface area (Å²) >= 11 is 0. The SMILES string of the molecule is CC1=C/C(=N/NC(=O)c2ccncc2)CC1. The molecule has 0 radical (unpaired) electrons. The van der Waals surface area contributed by atoms with E-state index in [1.165, 1.54) is 5.57 Å². The van der Waals surface area contributed by atoms with Gasteiger partial charge in [-0.25, -0.2) is 5.43 Å². The van der Waals surface area contributed by atoms with Crippen LogP contribution >= 0.6 is 0 Å². The lowest BCUT2D eigenvalue weighted by atomic mass is 10.2. The van der Waals surface area contributed by atoms with Gasteiger partial charge in [0.15, 0.2) is 0 Å². The van der Waals surface area contributed by atoms with Gasteiger partial charge in [0.25, 0.3) is 5.91 Å². The number of nitrogens with one attached hydrogen (secondary N) is 1. The van der Waals surface area contributed by atoms with Crippen molar-refractivity contribution in [3.05, 3.63) is 41.7 Å². The number of carbonyl (C=O) groups excluding carboxylic acids is 1. The highest BCUT2D eigenvalue weighted by Gasteiger charge is 2.08. The second-order valence-corrected chi connectivity index (χ2v) is 3.77. The van der Waals surface area contributed by atoms with Crippen LogP contribution in [-0.2, 0) is 0 Å². The molecule has 0 saturated heterocycles. The molecule has 4 nitrogen and oxygen atoms in total. The molecule has 0 aromatic carbocycles. The van der Waals surface area contributed by atoms with Crippen molar-refractivity contribution in [2.24, 2.45) is 5.10 Å². The van der Waals surface area contributed by atoms with Crippen molar-refractivity contribution in [2.45, 2.75) is 19.8 Å². The fraction of sp³-hybridized carbons (Fsp3) is 0.250. The van der Waals surface area contributed by atoms with Gasteiger partial charge in [-0.2, -0.15) is 5.10 Å². The van der Waals surface area contributed by atoms with Crippen LogP contribution in [0.15, 0.2) is 41.3 Å². The molecular weight excluding hydrogens is 202 g/mol. The lowest BCUT2D eigenvalue weighted by Gasteiger charge is -1.99. The molecule has 16 heavy (non-hydrogen) atoms. The second-order valence-electron chi connectivity index (χ2n) is 3.77. The summed E-state index contributed by atoms with van der Waals surface area (Å²) in [6.45, 7) is 2.06. The van der Waals surface area contributed by atoms with E-state index in [0.717, 1.165) is 18.6 Å². The van der Waals surface area contributed by atoms with E-state index in [1.807, 2.05) is 6.08 Å². The highest BCUT2D eigenvalue weighted by molar-refractivity contribution is 6.00. The summed E-state index contributed by atoms with van der Waals surface area (Å²) in [5.74, 6) is -0.201. The zero-order valence-electron chi connectivity index (χ0n) is 9.10. The van der Waals surface area contributed by atoms with Crippen LogP contribution in [0.5, 0.6) is 0 Å². The van der Waals surface area contributed by atoms with Crippen LogP contribution in [0.25, 0.3) is 0 Å². The second kappa shape index (κ2) is 4.70. The van der Waals surface area contributed by atoms with E-state index < -0.39 is 0 Å². The van der Waals surface area contributed by atoms with Gasteiger partial charge in [-0.15, -0.1) is 0 Å². The summed E-state index contributed by atoms with van der Waals surface area (Å²) < 4.78 is 0. The third-order valence-corrected chi connectivity index (χ3v) is 2.43. The molecule has 2 rings (SSSR count). The molecular formula is C12H13N3O. The van der Waals surface area contributed by atoms with Crippen molar-refractivity contribution in [1.29, 1.82) is 0 Å². The normalized spacial score (nSPS) is 17.3. The van der Waals surface area contributed by atoms with Gasteiger partial charge in [0.05, 0.1) is 5.71 Å². The summed E-state index contributed by atoms with van der Waals surface area (Å²) in [6.07, 6.45) is 7.11. The smallest absolute Gasteiger partial charge is 0.267 e. The van der Waals surface area contributed by atoms with Gasteiger partial charge in [-0.1, -0.05) is 5.57 Å². The van der Waals surface area contributed by atoms with Crippen LogP contribution in [0.1, 0.15) is 30.1 Å². The number of amides is 1. The first-order chi connectivity index (χ1) is 7.75. The van der Waals surface area contributed by atoms with Crippen molar-refractivity contribution < 1.29 is 4.79 Å². The van der Waals surface area contributed by atoms with E-state index in [4.69, 9.17) is 0 Å². The van der Waals surface area contributed by atoms with Crippen molar-refractivity contribution in [1.82, 2.24) is 10.4 Å². The zero-order valence-corrected chi connectivity index (χ0v) is 9.10. The monoisotopic (exact) mass is 215 g/mol. The van der Waals surface area contributed by atoms with E-state index in [1.54, 1.807) is 24.5 Å². The molecule has 1 heterocycles. The fourth-order valence-electron chi connectivity index (χ4n) is 1.53. The Morgan fingerprint density at radius 3 is 2.75 bits per heavy atom. The summed E-state index contributed by atoms with van der Waals surface area (Å²) in [6, 6.07) is 3.32. The fourth-order valence-corrected chi connectivity index (χ4v) is 1.53. The van der Waals surface area contributed by atoms with E-state index in [2.05, 4.69) is 22.4 Å². The van der Waals surface area contributed by atoms with Gasteiger partial charge in [0.2, 0.25) is 0 Å². The van der Waals surface area contributed by atoms with Crippen LogP contribution in [-0.4, -0.2) is 16.6 Å². The molecule has 1 amide bonds. The van der Waals surface area contributed by atoms with E-state index in [0.29, 0.717) is 5.56 Å². The van der Waals surface area contributed by atoms with Crippen molar-refractivity contribution in [2.75, 3.05) is 0 Å². The molecule has 0 fully saturated rings. The Hall–Kier alpha value is -1.97. The Bertz CT molecular complexity index is 449. The molecule has 1 aliphatic rings. The lowest BCUT2D eigenvalue weighted by molar-refractivity contribution is 0.0954. The molecule has 1 aliphatic carbocycles. The first-order valence-electron chi connectivity index (χ1n) is 5.20. The number of carbonyl (C=O) groups is 1. The largest absolute Gasteiger partial charge is 0.271 e. The van der Waals surface area contributed by atoms with Crippen molar-refractivity contribution in [3.63, 3.8) is 0 Å². The maximum absolute atomic E-state index is 11.6. The van der Waals surface area contributed by atoms with Gasteiger partial charge in [-0.05, 0) is 38.0 Å². The Balaban J connectivity index is 1.99. The molecule has 1 N–H and O–H groups in total. The molecule has 0 spiro atoms. The Morgan fingerprint density at radius 1 is 1.38 bits per heavy atom. The molecule has 0 atom stereocenters. The zero-order chi connectivity index (χ0) is 11.4. The summed E-state index contributed by atoms with van der Waals surface area (Å²) in [5, 5.41) is 4.07. The summed E-state index contributed by atoms with van der Waals surface area (Å²) in [4.78, 5) is 15.5. The Labute approximate surface area is 94.1 Å². The number of allylic oxidation sites excluding steroid dienone is 2. The molecule has 1 aromatic heterocycles. The van der Waals surface area contributed by atoms with Crippen LogP contribution in [0.2, 0.25) is 0 Å². The van der Waals surface area contributed by atoms with Gasteiger partial charge in [0, 0.05) is 18.0 Å². The van der Waals surface area contributed by atoms with E-state index in [-0.39, 0.29) is 5.91 Å². The maximum atomic E-state index is 11.6. The predicted octanol–water partition coefficient (Wildman–Crippen LogP) is 1.91. The molecule has 0 unspecified atom stereocenters. The van der Waals surface area contributed by atoms with Crippen LogP contribution in [0.4, 0.5) is 0 Å². The quantitative estimate of drug-likeness (QED) is 0.766. The Kier molecular flexibility index (Phi) is 3.10. The Morgan fingerprint density at radius 2 is 2.12 bits per heavy atom. The molecule has 82 valence electrons. The highest BCUT2D eigenvalue weighted by atomic mass is 16.2. The summed E-state index contributed by atoms with van der Waals surface area (Å²) in [7, 11) is 0. The molecule has 0 saturated carbocycles. The number of rotatable bonds is 2. The minimum atomic E-state index is -0.201. The molecule has 0 bridgehead atoms. The van der Waals surface area contributed by atoms with E-state index in [9.17, 15) is 4.79 Å². The molecule has 4 heteroatoms. The predicted molar refractivity (Wildman–Crippen MR) is 62.1 cm³/mol. The van der Waals surface area contributed by atoms with Crippen molar-refractivity contribution >= 4 is 11.6 Å². The van der Waals surface area contributed by atoms with Crippen LogP contribution < -0.4 is 5.43 Å². The van der Waals surface area contributed by atoms with Crippen LogP contribution in [0.3, 0.4) is 0 Å². The standard InChI is InChI=1S/C12H13N3O/c1-9-2-3-11(8-9)14-15-12(16)10-4-6-13-7-5-10/h4-8H,2-3H2,1H3,(H,15,16)/b14-11+. The average molecular weight is 215 g/mol. The third kappa shape index (κ3) is 2.53. The number of nitrogens with zero attached hydrogens (tertiary/aromatic N) is 2. The van der Waals surface area contributed by atoms with Crippen molar-refractivity contribution in [3.8, 4) is 0 Å². The highest BCUT2D eigenvalue weighted by Crippen LogP contribution is 2.14. The number of hydrogen-bond donors (Lipinski definition) is 1. The van der Waals surface area contributed by atoms with E-state index >= 15 is 0 Å². The van der Waals surface area contributed by atoms with Gasteiger partial charge < -0.3 is 0 Å². The topological polar surface area (TPSA) is 54.4 Å². The number of pyridine rings is 1. The summed E-state index contributed by atoms with van der Waals surface area (Å²) in [5.41, 5.74) is 5.34. The minimum Gasteiger partial charge on any atom is -0.267 e. The molecule has 1 aromatic rings. The third-order valence-electron chi connectivity index (χ3n) is 2.43. The number of hydrazone groups is 1. The minimum absolute atomic E-state index is 0.201. The van der Waals surface area contributed by atoms with Crippen LogP contribution in [0, 0.1) is 0 Å². The number of aromatic nitrogens is 1. The maximum Gasteiger partial charge on any atom is 0.271 e.